The lowest BCUT2D eigenvalue weighted by Crippen LogP contribution is -2.30. The molecule has 3 aromatic heterocycles. The van der Waals surface area contributed by atoms with Crippen LogP contribution in [0.4, 0.5) is 0 Å². The Hall–Kier alpha value is -8.41. The van der Waals surface area contributed by atoms with Crippen molar-refractivity contribution in [3.8, 4) is 67.8 Å². The molecule has 0 saturated heterocycles. The van der Waals surface area contributed by atoms with Crippen LogP contribution in [0.5, 0.6) is 0 Å². The van der Waals surface area contributed by atoms with Crippen molar-refractivity contribution in [2.24, 2.45) is 5.92 Å². The first kappa shape index (κ1) is 41.8. The third-order valence-corrected chi connectivity index (χ3v) is 15.8. The fourth-order valence-electron chi connectivity index (χ4n) is 11.6. The fourth-order valence-corrected chi connectivity index (χ4v) is 11.6. The maximum Gasteiger partial charge on any atom is 0.238 e. The van der Waals surface area contributed by atoms with Gasteiger partial charge in [0, 0.05) is 38.4 Å². The monoisotopic (exact) mass is 901 g/mol. The van der Waals surface area contributed by atoms with E-state index in [2.05, 4.69) is 232 Å². The van der Waals surface area contributed by atoms with Crippen molar-refractivity contribution in [3.05, 3.63) is 223 Å². The summed E-state index contributed by atoms with van der Waals surface area (Å²) in [7, 11) is 0. The second kappa shape index (κ2) is 15.8. The Bertz CT molecular complexity index is 3990. The van der Waals surface area contributed by atoms with E-state index < -0.39 is 0 Å². The molecule has 13 rings (SSSR count). The summed E-state index contributed by atoms with van der Waals surface area (Å²) in [4.78, 5) is 15.9. The minimum Gasteiger partial charge on any atom is -0.307 e. The molecule has 0 radical (unpaired) electrons. The van der Waals surface area contributed by atoms with Crippen LogP contribution in [0.25, 0.3) is 111 Å². The molecule has 0 spiro atoms. The zero-order valence-electron chi connectivity index (χ0n) is 40.0. The molecule has 1 aliphatic carbocycles. The topological polar surface area (TPSA) is 48.5 Å². The lowest BCUT2D eigenvalue weighted by Gasteiger charge is -2.32. The minimum absolute atomic E-state index is 0.119. The molecule has 70 heavy (non-hydrogen) atoms. The first-order valence-electron chi connectivity index (χ1n) is 24.4. The smallest absolute Gasteiger partial charge is 0.238 e. The van der Waals surface area contributed by atoms with Crippen LogP contribution in [-0.4, -0.2) is 24.1 Å². The normalized spacial score (nSPS) is 15.0. The number of hydrogen-bond donors (Lipinski definition) is 0. The zero-order valence-corrected chi connectivity index (χ0v) is 40.0. The molecule has 0 N–H and O–H groups in total. The van der Waals surface area contributed by atoms with Gasteiger partial charge in [-0.25, -0.2) is 4.98 Å². The molecule has 0 aliphatic heterocycles. The number of fused-ring (bicyclic) bond motifs is 8. The summed E-state index contributed by atoms with van der Waals surface area (Å²) in [5, 5.41) is 4.60. The largest absolute Gasteiger partial charge is 0.307 e. The standard InChI is InChI=1S/C65H51N5/c1-41-64(2,3)55-38-33-48(40-56(55)65(41,4)5)45-29-27-43(28-30-45)44-31-34-50(35-32-44)69-57-25-14-12-23-51(57)53-36-37-54-52-24-13-15-26-58(52)70(60(54)59(53)69)63-67-61(46-19-10-7-11-20-46)66-62(68-63)49-22-16-21-47(39-49)42-17-8-6-9-18-42/h6-41H,1-5H3. The van der Waals surface area contributed by atoms with E-state index in [0.717, 1.165) is 66.2 Å². The number of nitrogens with zero attached hydrogens (tertiary/aromatic N) is 5. The molecule has 1 aliphatic rings. The number of hydrogen-bond acceptors (Lipinski definition) is 3. The first-order chi connectivity index (χ1) is 34.1. The van der Waals surface area contributed by atoms with Gasteiger partial charge in [-0.2, -0.15) is 9.97 Å². The highest BCUT2D eigenvalue weighted by atomic mass is 15.2. The number of rotatable bonds is 7. The van der Waals surface area contributed by atoms with Crippen LogP contribution in [0, 0.1) is 5.92 Å². The Morgan fingerprint density at radius 3 is 1.43 bits per heavy atom. The van der Waals surface area contributed by atoms with Crippen LogP contribution < -0.4 is 0 Å². The highest BCUT2D eigenvalue weighted by Crippen LogP contribution is 2.54. The van der Waals surface area contributed by atoms with Crippen LogP contribution in [0.3, 0.4) is 0 Å². The molecule has 336 valence electrons. The van der Waals surface area contributed by atoms with E-state index in [4.69, 9.17) is 15.0 Å². The molecule has 0 fully saturated rings. The van der Waals surface area contributed by atoms with Gasteiger partial charge in [0.2, 0.25) is 5.95 Å². The van der Waals surface area contributed by atoms with E-state index in [1.807, 2.05) is 24.3 Å². The number of benzene rings is 9. The first-order valence-corrected chi connectivity index (χ1v) is 24.4. The Kier molecular flexibility index (Phi) is 9.44. The molecule has 1 atom stereocenters. The predicted molar refractivity (Wildman–Crippen MR) is 291 cm³/mol. The third-order valence-electron chi connectivity index (χ3n) is 15.8. The Balaban J connectivity index is 0.968. The SMILES string of the molecule is CC1C(C)(C)c2ccc(-c3ccc(-c4ccc(-n5c6ccccc6c6ccc7c8ccccc8n(-c8nc(-c9ccccc9)nc(-c9cccc(-c%10ccccc%10)c9)n8)c7c65)cc4)cc3)cc2C1(C)C. The van der Waals surface area contributed by atoms with Gasteiger partial charge in [0.1, 0.15) is 0 Å². The van der Waals surface area contributed by atoms with Crippen molar-refractivity contribution >= 4 is 43.6 Å². The molecule has 0 saturated carbocycles. The van der Waals surface area contributed by atoms with Crippen molar-refractivity contribution in [3.63, 3.8) is 0 Å². The third kappa shape index (κ3) is 6.49. The van der Waals surface area contributed by atoms with Crippen LogP contribution >= 0.6 is 0 Å². The summed E-state index contributed by atoms with van der Waals surface area (Å²) in [5.74, 6) is 2.34. The minimum atomic E-state index is 0.119. The lowest BCUT2D eigenvalue weighted by atomic mass is 9.71. The molecular weight excluding hydrogens is 851 g/mol. The average Bonchev–Trinajstić information content (AvgIpc) is 3.98. The van der Waals surface area contributed by atoms with Crippen molar-refractivity contribution in [2.75, 3.05) is 0 Å². The maximum atomic E-state index is 5.40. The number of para-hydroxylation sites is 2. The van der Waals surface area contributed by atoms with Gasteiger partial charge in [-0.3, -0.25) is 4.57 Å². The summed E-state index contributed by atoms with van der Waals surface area (Å²) in [6.45, 7) is 12.0. The van der Waals surface area contributed by atoms with Crippen molar-refractivity contribution in [1.29, 1.82) is 0 Å². The van der Waals surface area contributed by atoms with E-state index in [1.165, 1.54) is 38.8 Å². The van der Waals surface area contributed by atoms with E-state index in [0.29, 0.717) is 23.5 Å². The van der Waals surface area contributed by atoms with Crippen molar-refractivity contribution in [2.45, 2.75) is 45.4 Å². The van der Waals surface area contributed by atoms with E-state index in [9.17, 15) is 0 Å². The van der Waals surface area contributed by atoms with Gasteiger partial charge in [-0.1, -0.05) is 217 Å². The van der Waals surface area contributed by atoms with Crippen molar-refractivity contribution in [1.82, 2.24) is 24.1 Å². The summed E-state index contributed by atoms with van der Waals surface area (Å²) < 4.78 is 4.69. The second-order valence-electron chi connectivity index (χ2n) is 20.2. The molecule has 9 aromatic carbocycles. The van der Waals surface area contributed by atoms with Crippen LogP contribution in [0.15, 0.2) is 212 Å². The summed E-state index contributed by atoms with van der Waals surface area (Å²) in [5.41, 5.74) is 17.5. The zero-order chi connectivity index (χ0) is 47.3. The van der Waals surface area contributed by atoms with Crippen LogP contribution in [0.2, 0.25) is 0 Å². The Labute approximate surface area is 408 Å². The van der Waals surface area contributed by atoms with E-state index >= 15 is 0 Å². The Morgan fingerprint density at radius 1 is 0.343 bits per heavy atom. The van der Waals surface area contributed by atoms with Gasteiger partial charge in [0.25, 0.3) is 0 Å². The average molecular weight is 902 g/mol. The van der Waals surface area contributed by atoms with Gasteiger partial charge in [-0.15, -0.1) is 0 Å². The van der Waals surface area contributed by atoms with Gasteiger partial charge in [0.05, 0.1) is 22.1 Å². The highest BCUT2D eigenvalue weighted by Gasteiger charge is 2.48. The fraction of sp³-hybridized carbons (Fsp3) is 0.123. The molecule has 1 unspecified atom stereocenters. The molecule has 5 heteroatoms. The quantitative estimate of drug-likeness (QED) is 0.160. The number of aromatic nitrogens is 5. The molecular formula is C65H51N5. The summed E-state index contributed by atoms with van der Waals surface area (Å²) >= 11 is 0. The molecule has 0 bridgehead atoms. The van der Waals surface area contributed by atoms with Gasteiger partial charge >= 0.3 is 0 Å². The summed E-state index contributed by atoms with van der Waals surface area (Å²) in [6.07, 6.45) is 0. The molecule has 0 amide bonds. The molecule has 5 nitrogen and oxygen atoms in total. The molecule has 3 heterocycles. The van der Waals surface area contributed by atoms with Crippen molar-refractivity contribution < 1.29 is 0 Å². The van der Waals surface area contributed by atoms with Gasteiger partial charge in [-0.05, 0) is 91.6 Å². The maximum absolute atomic E-state index is 5.40. The van der Waals surface area contributed by atoms with Gasteiger partial charge < -0.3 is 4.57 Å². The van der Waals surface area contributed by atoms with Crippen LogP contribution in [-0.2, 0) is 10.8 Å². The summed E-state index contributed by atoms with van der Waals surface area (Å²) in [6, 6.07) is 76.4. The predicted octanol–water partition coefficient (Wildman–Crippen LogP) is 16.6. The van der Waals surface area contributed by atoms with E-state index in [1.54, 1.807) is 0 Å². The van der Waals surface area contributed by atoms with Gasteiger partial charge in [0.15, 0.2) is 11.6 Å². The highest BCUT2D eigenvalue weighted by molar-refractivity contribution is 6.23. The Morgan fingerprint density at radius 2 is 0.786 bits per heavy atom. The lowest BCUT2D eigenvalue weighted by molar-refractivity contribution is 0.264. The van der Waals surface area contributed by atoms with Crippen LogP contribution in [0.1, 0.15) is 45.7 Å². The molecule has 12 aromatic rings. The second-order valence-corrected chi connectivity index (χ2v) is 20.2. The van der Waals surface area contributed by atoms with E-state index in [-0.39, 0.29) is 10.8 Å².